The first-order valence-corrected chi connectivity index (χ1v) is 6.01. The predicted molar refractivity (Wildman–Crippen MR) is 73.8 cm³/mol. The van der Waals surface area contributed by atoms with E-state index in [0.717, 1.165) is 5.06 Å². The SMILES string of the molecule is C=C(CCN(OC)C(=O)OC(C)(C)C)/N=C(\C)OC. The van der Waals surface area contributed by atoms with Crippen molar-refractivity contribution in [2.45, 2.75) is 39.7 Å². The first kappa shape index (κ1) is 17.4. The summed E-state index contributed by atoms with van der Waals surface area (Å²) in [6.07, 6.45) is -0.0661. The van der Waals surface area contributed by atoms with E-state index < -0.39 is 11.7 Å². The molecule has 0 spiro atoms. The molecular formula is C13H24N2O4. The normalized spacial score (nSPS) is 12.0. The van der Waals surface area contributed by atoms with Crippen molar-refractivity contribution >= 4 is 12.0 Å². The molecule has 0 atom stereocenters. The van der Waals surface area contributed by atoms with Gasteiger partial charge in [-0.2, -0.15) is 5.06 Å². The van der Waals surface area contributed by atoms with Crippen LogP contribution < -0.4 is 0 Å². The lowest BCUT2D eigenvalue weighted by molar-refractivity contribution is -0.123. The summed E-state index contributed by atoms with van der Waals surface area (Å²) in [5, 5.41) is 1.13. The van der Waals surface area contributed by atoms with Crippen molar-refractivity contribution in [3.05, 3.63) is 12.3 Å². The van der Waals surface area contributed by atoms with Crippen LogP contribution in [-0.2, 0) is 14.3 Å². The van der Waals surface area contributed by atoms with E-state index in [1.807, 2.05) is 0 Å². The number of amides is 1. The third-order valence-corrected chi connectivity index (χ3v) is 2.03. The molecule has 6 nitrogen and oxygen atoms in total. The summed E-state index contributed by atoms with van der Waals surface area (Å²) >= 11 is 0. The molecule has 19 heavy (non-hydrogen) atoms. The Kier molecular flexibility index (Phi) is 7.14. The zero-order chi connectivity index (χ0) is 15.1. The van der Waals surface area contributed by atoms with Crippen LogP contribution in [0.3, 0.4) is 0 Å². The van der Waals surface area contributed by atoms with Gasteiger partial charge in [0.15, 0.2) is 5.90 Å². The molecule has 0 aromatic rings. The van der Waals surface area contributed by atoms with E-state index in [2.05, 4.69) is 11.6 Å². The Labute approximate surface area is 115 Å². The van der Waals surface area contributed by atoms with Gasteiger partial charge in [-0.1, -0.05) is 6.58 Å². The van der Waals surface area contributed by atoms with E-state index in [0.29, 0.717) is 24.6 Å². The van der Waals surface area contributed by atoms with E-state index in [9.17, 15) is 4.79 Å². The second kappa shape index (κ2) is 7.78. The molecule has 0 aliphatic rings. The Hall–Kier alpha value is -1.56. The van der Waals surface area contributed by atoms with E-state index >= 15 is 0 Å². The van der Waals surface area contributed by atoms with Crippen molar-refractivity contribution in [1.82, 2.24) is 5.06 Å². The summed E-state index contributed by atoms with van der Waals surface area (Å²) < 4.78 is 10.1. The maximum Gasteiger partial charge on any atom is 0.434 e. The van der Waals surface area contributed by atoms with Crippen LogP contribution in [0.5, 0.6) is 0 Å². The fraction of sp³-hybridized carbons (Fsp3) is 0.692. The zero-order valence-electron chi connectivity index (χ0n) is 12.6. The number of rotatable bonds is 5. The number of carbonyl (C=O) groups excluding carboxylic acids is 1. The number of nitrogens with zero attached hydrogens (tertiary/aromatic N) is 2. The van der Waals surface area contributed by atoms with Crippen LogP contribution in [-0.4, -0.2) is 43.4 Å². The Balaban J connectivity index is 4.35. The highest BCUT2D eigenvalue weighted by atomic mass is 16.7. The fourth-order valence-corrected chi connectivity index (χ4v) is 1.12. The van der Waals surface area contributed by atoms with E-state index in [1.165, 1.54) is 14.2 Å². The molecule has 0 saturated carbocycles. The molecule has 6 heteroatoms. The summed E-state index contributed by atoms with van der Waals surface area (Å²) in [5.41, 5.74) is 0.0420. The highest BCUT2D eigenvalue weighted by molar-refractivity contribution is 5.74. The van der Waals surface area contributed by atoms with E-state index in [4.69, 9.17) is 14.3 Å². The van der Waals surface area contributed by atoms with Gasteiger partial charge in [0.25, 0.3) is 0 Å². The minimum absolute atomic E-state index is 0.310. The molecule has 0 saturated heterocycles. The number of hydroxylamine groups is 2. The molecule has 0 aliphatic heterocycles. The maximum absolute atomic E-state index is 11.8. The summed E-state index contributed by atoms with van der Waals surface area (Å²) in [7, 11) is 2.95. The lowest BCUT2D eigenvalue weighted by Crippen LogP contribution is -2.36. The third-order valence-electron chi connectivity index (χ3n) is 2.03. The van der Waals surface area contributed by atoms with Crippen molar-refractivity contribution < 1.29 is 19.1 Å². The number of hydrogen-bond acceptors (Lipinski definition) is 5. The quantitative estimate of drug-likeness (QED) is 0.438. The van der Waals surface area contributed by atoms with Crippen molar-refractivity contribution in [2.24, 2.45) is 4.99 Å². The van der Waals surface area contributed by atoms with Crippen molar-refractivity contribution in [3.8, 4) is 0 Å². The lowest BCUT2D eigenvalue weighted by Gasteiger charge is -2.25. The molecule has 0 rings (SSSR count). The molecule has 110 valence electrons. The topological polar surface area (TPSA) is 60.4 Å². The van der Waals surface area contributed by atoms with E-state index in [1.54, 1.807) is 27.7 Å². The van der Waals surface area contributed by atoms with Crippen LogP contribution in [0.25, 0.3) is 0 Å². The number of aliphatic imine (C=N–C) groups is 1. The third kappa shape index (κ3) is 8.20. The zero-order valence-corrected chi connectivity index (χ0v) is 12.6. The highest BCUT2D eigenvalue weighted by Gasteiger charge is 2.22. The molecule has 0 aromatic heterocycles. The van der Waals surface area contributed by atoms with E-state index in [-0.39, 0.29) is 0 Å². The number of methoxy groups -OCH3 is 1. The van der Waals surface area contributed by atoms with Gasteiger partial charge < -0.3 is 9.47 Å². The summed E-state index contributed by atoms with van der Waals surface area (Å²) in [5.74, 6) is 0.520. The van der Waals surface area contributed by atoms with Crippen molar-refractivity contribution in [1.29, 1.82) is 0 Å². The average molecular weight is 272 g/mol. The standard InChI is InChI=1S/C13H24N2O4/c1-10(14-11(2)17-6)8-9-15(18-7)12(16)19-13(3,4)5/h1,8-9H2,2-7H3/b14-11+. The average Bonchev–Trinajstić information content (AvgIpc) is 2.27. The van der Waals surface area contributed by atoms with Gasteiger partial charge in [0, 0.05) is 19.0 Å². The summed E-state index contributed by atoms with van der Waals surface area (Å²) in [6.45, 7) is 11.2. The lowest BCUT2D eigenvalue weighted by atomic mass is 10.2. The number of hydrogen-bond donors (Lipinski definition) is 0. The predicted octanol–water partition coefficient (Wildman–Crippen LogP) is 2.75. The van der Waals surface area contributed by atoms with Gasteiger partial charge in [0.05, 0.1) is 20.8 Å². The molecule has 1 amide bonds. The maximum atomic E-state index is 11.8. The van der Waals surface area contributed by atoms with Gasteiger partial charge in [0.1, 0.15) is 5.60 Å². The largest absolute Gasteiger partial charge is 0.484 e. The minimum atomic E-state index is -0.560. The molecule has 0 fully saturated rings. The minimum Gasteiger partial charge on any atom is -0.484 e. The molecule has 0 radical (unpaired) electrons. The molecule has 0 bridgehead atoms. The molecular weight excluding hydrogens is 248 g/mol. The molecule has 0 heterocycles. The highest BCUT2D eigenvalue weighted by Crippen LogP contribution is 2.11. The van der Waals surface area contributed by atoms with Crippen molar-refractivity contribution in [2.75, 3.05) is 20.8 Å². The second-order valence-corrected chi connectivity index (χ2v) is 4.92. The molecule has 0 N–H and O–H groups in total. The number of carbonyl (C=O) groups is 1. The van der Waals surface area contributed by atoms with Gasteiger partial charge in [-0.15, -0.1) is 0 Å². The monoisotopic (exact) mass is 272 g/mol. The molecule has 0 aromatic carbocycles. The fourth-order valence-electron chi connectivity index (χ4n) is 1.12. The van der Waals surface area contributed by atoms with Gasteiger partial charge in [-0.05, 0) is 20.8 Å². The Morgan fingerprint density at radius 3 is 2.32 bits per heavy atom. The van der Waals surface area contributed by atoms with Gasteiger partial charge in [0.2, 0.25) is 0 Å². The molecule has 0 unspecified atom stereocenters. The van der Waals surface area contributed by atoms with Gasteiger partial charge >= 0.3 is 6.09 Å². The summed E-state index contributed by atoms with van der Waals surface area (Å²) in [6, 6.07) is 0. The Morgan fingerprint density at radius 2 is 1.89 bits per heavy atom. The first-order valence-electron chi connectivity index (χ1n) is 6.01. The first-order chi connectivity index (χ1) is 8.69. The van der Waals surface area contributed by atoms with Crippen LogP contribution in [0.4, 0.5) is 4.79 Å². The van der Waals surface area contributed by atoms with Crippen molar-refractivity contribution in [3.63, 3.8) is 0 Å². The summed E-state index contributed by atoms with van der Waals surface area (Å²) in [4.78, 5) is 20.8. The van der Waals surface area contributed by atoms with Crippen LogP contribution in [0.2, 0.25) is 0 Å². The Bertz CT molecular complexity index is 345. The van der Waals surface area contributed by atoms with Crippen LogP contribution in [0, 0.1) is 0 Å². The van der Waals surface area contributed by atoms with Crippen LogP contribution in [0.1, 0.15) is 34.1 Å². The Morgan fingerprint density at radius 1 is 1.32 bits per heavy atom. The van der Waals surface area contributed by atoms with Crippen LogP contribution >= 0.6 is 0 Å². The van der Waals surface area contributed by atoms with Gasteiger partial charge in [-0.3, -0.25) is 4.84 Å². The molecule has 0 aliphatic carbocycles. The van der Waals surface area contributed by atoms with Gasteiger partial charge in [-0.25, -0.2) is 9.79 Å². The van der Waals surface area contributed by atoms with Crippen LogP contribution in [0.15, 0.2) is 17.3 Å². The second-order valence-electron chi connectivity index (χ2n) is 4.92. The number of ether oxygens (including phenoxy) is 2. The smallest absolute Gasteiger partial charge is 0.434 e.